The van der Waals surface area contributed by atoms with E-state index < -0.39 is 6.17 Å². The molecule has 0 fully saturated rings. The molecule has 0 bridgehead atoms. The molecule has 1 aliphatic rings. The van der Waals surface area contributed by atoms with Crippen molar-refractivity contribution >= 4 is 11.8 Å². The highest BCUT2D eigenvalue weighted by Gasteiger charge is 2.34. The van der Waals surface area contributed by atoms with Crippen LogP contribution in [0.4, 0.5) is 4.39 Å². The normalized spacial score (nSPS) is 13.7. The molecule has 1 aliphatic heterocycles. The van der Waals surface area contributed by atoms with Crippen molar-refractivity contribution in [3.8, 4) is 0 Å². The average Bonchev–Trinajstić information content (AvgIpc) is 3.20. The zero-order valence-corrected chi connectivity index (χ0v) is 22.1. The van der Waals surface area contributed by atoms with Gasteiger partial charge < -0.3 is 14.8 Å². The summed E-state index contributed by atoms with van der Waals surface area (Å²) in [4.78, 5) is 28.0. The van der Waals surface area contributed by atoms with Gasteiger partial charge in [-0.2, -0.15) is 0 Å². The summed E-state index contributed by atoms with van der Waals surface area (Å²) in [7, 11) is 0. The zero-order valence-electron chi connectivity index (χ0n) is 22.1. The van der Waals surface area contributed by atoms with Gasteiger partial charge in [-0.15, -0.1) is 0 Å². The number of amides is 2. The Kier molecular flexibility index (Phi) is 11.2. The molecule has 2 amide bonds. The number of carbonyl (C=O) groups excluding carboxylic acids is 2. The summed E-state index contributed by atoms with van der Waals surface area (Å²) in [6, 6.07) is 27.0. The second kappa shape index (κ2) is 15.2. The highest BCUT2D eigenvalue weighted by atomic mass is 19.1. The number of alkyl halides is 1. The molecular weight excluding hydrogens is 497 g/mol. The predicted octanol–water partition coefficient (Wildman–Crippen LogP) is 3.95. The number of fused-ring (bicyclic) bond motifs is 1. The van der Waals surface area contributed by atoms with Gasteiger partial charge in [0.1, 0.15) is 6.17 Å². The van der Waals surface area contributed by atoms with Crippen LogP contribution < -0.4 is 5.32 Å². The molecule has 1 N–H and O–H groups in total. The minimum Gasteiger partial charge on any atom is -0.378 e. The first-order chi connectivity index (χ1) is 19.1. The highest BCUT2D eigenvalue weighted by Crippen LogP contribution is 2.21. The summed E-state index contributed by atoms with van der Waals surface area (Å²) in [6.07, 6.45) is -1.09. The Hall–Kier alpha value is -3.43. The number of nitrogens with zero attached hydrogens (tertiary/aromatic N) is 2. The molecule has 7 nitrogen and oxygen atoms in total. The summed E-state index contributed by atoms with van der Waals surface area (Å²) >= 11 is 0. The van der Waals surface area contributed by atoms with Gasteiger partial charge in [-0.25, -0.2) is 4.39 Å². The lowest BCUT2D eigenvalue weighted by atomic mass is 10.1. The fourth-order valence-corrected chi connectivity index (χ4v) is 4.53. The minimum absolute atomic E-state index is 0.0402. The number of carbonyl (C=O) groups is 2. The lowest BCUT2D eigenvalue weighted by molar-refractivity contribution is 0.0542. The molecule has 4 rings (SSSR count). The van der Waals surface area contributed by atoms with Crippen LogP contribution in [0.25, 0.3) is 0 Å². The van der Waals surface area contributed by atoms with Crippen LogP contribution in [0.1, 0.15) is 31.8 Å². The number of rotatable bonds is 17. The first kappa shape index (κ1) is 28.6. The number of ether oxygens (including phenoxy) is 2. The molecule has 1 atom stereocenters. The quantitative estimate of drug-likeness (QED) is 0.209. The van der Waals surface area contributed by atoms with Crippen molar-refractivity contribution in [2.45, 2.75) is 19.3 Å². The average molecular weight is 534 g/mol. The molecule has 0 spiro atoms. The molecule has 39 heavy (non-hydrogen) atoms. The first-order valence-electron chi connectivity index (χ1n) is 13.4. The lowest BCUT2D eigenvalue weighted by Crippen LogP contribution is -2.34. The van der Waals surface area contributed by atoms with E-state index in [-0.39, 0.29) is 38.1 Å². The van der Waals surface area contributed by atoms with Crippen LogP contribution >= 0.6 is 0 Å². The van der Waals surface area contributed by atoms with Crippen molar-refractivity contribution in [1.29, 1.82) is 0 Å². The summed E-state index contributed by atoms with van der Waals surface area (Å²) in [5.74, 6) is -0.548. The molecule has 0 saturated heterocycles. The fourth-order valence-electron chi connectivity index (χ4n) is 4.53. The van der Waals surface area contributed by atoms with E-state index in [1.807, 2.05) is 36.4 Å². The first-order valence-corrected chi connectivity index (χ1v) is 13.4. The Bertz CT molecular complexity index is 1100. The second-order valence-electron chi connectivity index (χ2n) is 9.48. The summed E-state index contributed by atoms with van der Waals surface area (Å²) in [5.41, 5.74) is 3.19. The zero-order chi connectivity index (χ0) is 27.3. The van der Waals surface area contributed by atoms with Crippen LogP contribution in [-0.2, 0) is 22.6 Å². The lowest BCUT2D eigenvalue weighted by Gasteiger charge is -2.24. The van der Waals surface area contributed by atoms with E-state index in [1.165, 1.54) is 4.90 Å². The van der Waals surface area contributed by atoms with Crippen LogP contribution in [0, 0.1) is 0 Å². The Morgan fingerprint density at radius 3 is 1.79 bits per heavy atom. The van der Waals surface area contributed by atoms with Crippen molar-refractivity contribution in [2.24, 2.45) is 0 Å². The third kappa shape index (κ3) is 8.80. The summed E-state index contributed by atoms with van der Waals surface area (Å²) < 4.78 is 25.9. The largest absolute Gasteiger partial charge is 0.378 e. The summed E-state index contributed by atoms with van der Waals surface area (Å²) in [6.45, 7) is 4.16. The van der Waals surface area contributed by atoms with E-state index in [1.54, 1.807) is 24.3 Å². The van der Waals surface area contributed by atoms with Gasteiger partial charge in [0.05, 0.1) is 44.1 Å². The maximum absolute atomic E-state index is 14.8. The molecule has 0 aromatic heterocycles. The van der Waals surface area contributed by atoms with Crippen molar-refractivity contribution in [1.82, 2.24) is 15.1 Å². The Morgan fingerprint density at radius 2 is 1.23 bits per heavy atom. The molecule has 3 aromatic carbocycles. The second-order valence-corrected chi connectivity index (χ2v) is 9.48. The standard InChI is InChI=1S/C31H36FN3O4/c32-27(23-34(21-25-9-3-1-4-10-25)22-26-11-5-2-6-12-26)24-39-19-16-33-15-18-38-20-17-35-30(36)28-13-7-8-14-29(28)31(35)37/h1-14,27,33H,15-24H2. The maximum Gasteiger partial charge on any atom is 0.261 e. The molecule has 206 valence electrons. The smallest absolute Gasteiger partial charge is 0.261 e. The molecule has 0 radical (unpaired) electrons. The van der Waals surface area contributed by atoms with Gasteiger partial charge in [0.2, 0.25) is 0 Å². The molecule has 0 saturated carbocycles. The van der Waals surface area contributed by atoms with Crippen LogP contribution in [-0.4, -0.2) is 80.4 Å². The Balaban J connectivity index is 1.06. The van der Waals surface area contributed by atoms with Crippen LogP contribution in [0.15, 0.2) is 84.9 Å². The van der Waals surface area contributed by atoms with Crippen molar-refractivity contribution < 1.29 is 23.5 Å². The topological polar surface area (TPSA) is 71.1 Å². The van der Waals surface area contributed by atoms with Crippen molar-refractivity contribution in [3.63, 3.8) is 0 Å². The van der Waals surface area contributed by atoms with Gasteiger partial charge in [-0.1, -0.05) is 72.8 Å². The van der Waals surface area contributed by atoms with E-state index in [9.17, 15) is 14.0 Å². The number of hydrogen-bond donors (Lipinski definition) is 1. The molecule has 1 heterocycles. The third-order valence-corrected chi connectivity index (χ3v) is 6.44. The van der Waals surface area contributed by atoms with Gasteiger partial charge in [-0.05, 0) is 23.3 Å². The van der Waals surface area contributed by atoms with E-state index in [2.05, 4.69) is 34.5 Å². The molecular formula is C31H36FN3O4. The Morgan fingerprint density at radius 1 is 0.718 bits per heavy atom. The van der Waals surface area contributed by atoms with Gasteiger partial charge in [0.15, 0.2) is 0 Å². The van der Waals surface area contributed by atoms with Gasteiger partial charge in [0.25, 0.3) is 11.8 Å². The summed E-state index contributed by atoms with van der Waals surface area (Å²) in [5, 5.41) is 3.20. The van der Waals surface area contributed by atoms with Crippen LogP contribution in [0.5, 0.6) is 0 Å². The molecule has 8 heteroatoms. The van der Waals surface area contributed by atoms with Crippen molar-refractivity contribution in [2.75, 3.05) is 52.6 Å². The minimum atomic E-state index is -1.09. The number of halogens is 1. The van der Waals surface area contributed by atoms with Gasteiger partial charge >= 0.3 is 0 Å². The molecule has 3 aromatic rings. The molecule has 1 unspecified atom stereocenters. The monoisotopic (exact) mass is 533 g/mol. The SMILES string of the molecule is O=C1c2ccccc2C(=O)N1CCOCCNCCOCC(F)CN(Cc1ccccc1)Cc1ccccc1. The van der Waals surface area contributed by atoms with E-state index in [0.29, 0.717) is 50.5 Å². The van der Waals surface area contributed by atoms with Crippen LogP contribution in [0.2, 0.25) is 0 Å². The maximum atomic E-state index is 14.8. The number of nitrogens with one attached hydrogen (secondary N) is 1. The van der Waals surface area contributed by atoms with E-state index >= 15 is 0 Å². The highest BCUT2D eigenvalue weighted by molar-refractivity contribution is 6.21. The number of benzene rings is 3. The fraction of sp³-hybridized carbons (Fsp3) is 0.355. The van der Waals surface area contributed by atoms with Gasteiger partial charge in [-0.3, -0.25) is 19.4 Å². The third-order valence-electron chi connectivity index (χ3n) is 6.44. The van der Waals surface area contributed by atoms with E-state index in [0.717, 1.165) is 11.1 Å². The van der Waals surface area contributed by atoms with Gasteiger partial charge in [0, 0.05) is 32.7 Å². The van der Waals surface area contributed by atoms with Crippen LogP contribution in [0.3, 0.4) is 0 Å². The van der Waals surface area contributed by atoms with Crippen molar-refractivity contribution in [3.05, 3.63) is 107 Å². The number of hydrogen-bond acceptors (Lipinski definition) is 6. The van der Waals surface area contributed by atoms with E-state index in [4.69, 9.17) is 9.47 Å². The Labute approximate surface area is 229 Å². The molecule has 0 aliphatic carbocycles. The number of imide groups is 1. The predicted molar refractivity (Wildman–Crippen MR) is 148 cm³/mol.